The second kappa shape index (κ2) is 14.0. The lowest BCUT2D eigenvalue weighted by atomic mass is 10.0. The number of likely N-dealkylation sites (N-methyl/N-ethyl adjacent to an activating group) is 1. The van der Waals surface area contributed by atoms with Crippen LogP contribution in [0.3, 0.4) is 0 Å². The second-order valence-corrected chi connectivity index (χ2v) is 7.41. The molecule has 7 heteroatoms. The molecule has 1 aromatic carbocycles. The average molecular weight is 518 g/mol. The molecule has 1 aromatic rings. The summed E-state index contributed by atoms with van der Waals surface area (Å²) in [6.45, 7) is 12.8. The third-order valence-electron chi connectivity index (χ3n) is 5.77. The van der Waals surface area contributed by atoms with E-state index in [2.05, 4.69) is 64.4 Å². The van der Waals surface area contributed by atoms with E-state index in [4.69, 9.17) is 4.74 Å². The standard InChI is InChI=1S/C22H39N5O.HI/c1-6-26(7-2)18(3)16-24-22(23-4)25-17-20(27-14-10-11-15-27)19-12-8-9-13-21(19)28-5;/h8-9,12-13,18,20H,6-7,10-11,14-17H2,1-5H3,(H2,23,24,25);1H. The molecular formula is C22H40IN5O. The zero-order valence-corrected chi connectivity index (χ0v) is 21.1. The summed E-state index contributed by atoms with van der Waals surface area (Å²) in [4.78, 5) is 9.43. The molecule has 1 heterocycles. The van der Waals surface area contributed by atoms with Gasteiger partial charge in [0.1, 0.15) is 5.75 Å². The summed E-state index contributed by atoms with van der Waals surface area (Å²) in [7, 11) is 3.59. The molecule has 0 aliphatic carbocycles. The Labute approximate surface area is 194 Å². The van der Waals surface area contributed by atoms with E-state index in [1.807, 2.05) is 13.1 Å². The van der Waals surface area contributed by atoms with Crippen molar-refractivity contribution in [2.45, 2.75) is 45.7 Å². The number of hydrogen-bond acceptors (Lipinski definition) is 4. The lowest BCUT2D eigenvalue weighted by Crippen LogP contribution is -2.47. The van der Waals surface area contributed by atoms with Gasteiger partial charge in [0.15, 0.2) is 5.96 Å². The van der Waals surface area contributed by atoms with Crippen LogP contribution in [0.1, 0.15) is 45.2 Å². The first-order valence-corrected chi connectivity index (χ1v) is 10.7. The Balaban J connectivity index is 0.00000420. The van der Waals surface area contributed by atoms with Gasteiger partial charge in [0.2, 0.25) is 0 Å². The number of halogens is 1. The third kappa shape index (κ3) is 7.61. The summed E-state index contributed by atoms with van der Waals surface area (Å²) in [5.41, 5.74) is 1.24. The van der Waals surface area contributed by atoms with E-state index >= 15 is 0 Å². The van der Waals surface area contributed by atoms with Gasteiger partial charge in [-0.1, -0.05) is 32.0 Å². The number of aliphatic imine (C=N–C) groups is 1. The highest BCUT2D eigenvalue weighted by Gasteiger charge is 2.26. The summed E-state index contributed by atoms with van der Waals surface area (Å²) in [5, 5.41) is 7.04. The van der Waals surface area contributed by atoms with Crippen molar-refractivity contribution < 1.29 is 4.74 Å². The normalized spacial score (nSPS) is 17.0. The van der Waals surface area contributed by atoms with Crippen molar-refractivity contribution >= 4 is 29.9 Å². The molecule has 1 aliphatic rings. The van der Waals surface area contributed by atoms with Crippen LogP contribution in [0.25, 0.3) is 0 Å². The number of likely N-dealkylation sites (tertiary alicyclic amines) is 1. The van der Waals surface area contributed by atoms with Gasteiger partial charge in [-0.05, 0) is 52.0 Å². The highest BCUT2D eigenvalue weighted by atomic mass is 127. The minimum absolute atomic E-state index is 0. The van der Waals surface area contributed by atoms with E-state index in [0.29, 0.717) is 6.04 Å². The molecule has 0 spiro atoms. The summed E-state index contributed by atoms with van der Waals surface area (Å²) >= 11 is 0. The molecule has 0 aromatic heterocycles. The minimum atomic E-state index is 0. The number of ether oxygens (including phenoxy) is 1. The smallest absolute Gasteiger partial charge is 0.191 e. The lowest BCUT2D eigenvalue weighted by molar-refractivity contribution is 0.230. The van der Waals surface area contributed by atoms with Gasteiger partial charge in [-0.25, -0.2) is 0 Å². The van der Waals surface area contributed by atoms with Gasteiger partial charge >= 0.3 is 0 Å². The molecule has 0 saturated carbocycles. The van der Waals surface area contributed by atoms with E-state index < -0.39 is 0 Å². The fraction of sp³-hybridized carbons (Fsp3) is 0.682. The largest absolute Gasteiger partial charge is 0.496 e. The highest BCUT2D eigenvalue weighted by Crippen LogP contribution is 2.31. The lowest BCUT2D eigenvalue weighted by Gasteiger charge is -2.30. The number of nitrogens with zero attached hydrogens (tertiary/aromatic N) is 3. The molecule has 2 atom stereocenters. The fourth-order valence-electron chi connectivity index (χ4n) is 4.07. The van der Waals surface area contributed by atoms with Gasteiger partial charge in [-0.15, -0.1) is 24.0 Å². The predicted octanol–water partition coefficient (Wildman–Crippen LogP) is 3.35. The Hall–Kier alpha value is -1.06. The maximum absolute atomic E-state index is 5.64. The Morgan fingerprint density at radius 1 is 1.14 bits per heavy atom. The van der Waals surface area contributed by atoms with E-state index in [1.165, 1.54) is 18.4 Å². The number of guanidine groups is 1. The number of rotatable bonds is 10. The molecule has 1 aliphatic heterocycles. The van der Waals surface area contributed by atoms with Crippen LogP contribution in [0.15, 0.2) is 29.3 Å². The van der Waals surface area contributed by atoms with Gasteiger partial charge in [-0.3, -0.25) is 14.8 Å². The SMILES string of the molecule is CCN(CC)C(C)CNC(=NC)NCC(c1ccccc1OC)N1CCCC1.I. The van der Waals surface area contributed by atoms with Crippen LogP contribution in [0, 0.1) is 0 Å². The molecule has 1 saturated heterocycles. The van der Waals surface area contributed by atoms with Gasteiger partial charge in [-0.2, -0.15) is 0 Å². The van der Waals surface area contributed by atoms with Crippen molar-refractivity contribution in [2.75, 3.05) is 53.4 Å². The number of para-hydroxylation sites is 1. The maximum Gasteiger partial charge on any atom is 0.191 e. The van der Waals surface area contributed by atoms with E-state index in [1.54, 1.807) is 7.11 Å². The topological polar surface area (TPSA) is 52.1 Å². The van der Waals surface area contributed by atoms with E-state index in [9.17, 15) is 0 Å². The first-order chi connectivity index (χ1) is 13.6. The number of benzene rings is 1. The monoisotopic (exact) mass is 517 g/mol. The van der Waals surface area contributed by atoms with Crippen molar-refractivity contribution in [1.29, 1.82) is 0 Å². The molecular weight excluding hydrogens is 477 g/mol. The maximum atomic E-state index is 5.64. The first kappa shape index (κ1) is 26.0. The van der Waals surface area contributed by atoms with Crippen molar-refractivity contribution in [1.82, 2.24) is 20.4 Å². The highest BCUT2D eigenvalue weighted by molar-refractivity contribution is 14.0. The van der Waals surface area contributed by atoms with Crippen LogP contribution in [0.5, 0.6) is 5.75 Å². The van der Waals surface area contributed by atoms with Crippen molar-refractivity contribution in [3.8, 4) is 5.75 Å². The van der Waals surface area contributed by atoms with E-state index in [-0.39, 0.29) is 30.0 Å². The predicted molar refractivity (Wildman–Crippen MR) is 134 cm³/mol. The zero-order valence-electron chi connectivity index (χ0n) is 18.8. The molecule has 2 unspecified atom stereocenters. The molecule has 6 nitrogen and oxygen atoms in total. The van der Waals surface area contributed by atoms with Crippen molar-refractivity contribution in [2.24, 2.45) is 4.99 Å². The number of hydrogen-bond donors (Lipinski definition) is 2. The van der Waals surface area contributed by atoms with E-state index in [0.717, 1.165) is 51.0 Å². The Kier molecular flexibility index (Phi) is 12.6. The van der Waals surface area contributed by atoms with Crippen LogP contribution in [0.4, 0.5) is 0 Å². The molecule has 2 N–H and O–H groups in total. The van der Waals surface area contributed by atoms with Gasteiger partial charge in [0, 0.05) is 31.7 Å². The van der Waals surface area contributed by atoms with Gasteiger partial charge in [0.25, 0.3) is 0 Å². The quantitative estimate of drug-likeness (QED) is 0.283. The minimum Gasteiger partial charge on any atom is -0.496 e. The van der Waals surface area contributed by atoms with Crippen LogP contribution in [-0.2, 0) is 0 Å². The summed E-state index contributed by atoms with van der Waals surface area (Å²) in [6, 6.07) is 9.11. The summed E-state index contributed by atoms with van der Waals surface area (Å²) in [6.07, 6.45) is 2.53. The van der Waals surface area contributed by atoms with Crippen LogP contribution in [-0.4, -0.2) is 75.2 Å². The third-order valence-corrected chi connectivity index (χ3v) is 5.77. The van der Waals surface area contributed by atoms with Crippen LogP contribution < -0.4 is 15.4 Å². The second-order valence-electron chi connectivity index (χ2n) is 7.41. The summed E-state index contributed by atoms with van der Waals surface area (Å²) in [5.74, 6) is 1.82. The van der Waals surface area contributed by atoms with Crippen LogP contribution in [0.2, 0.25) is 0 Å². The molecule has 0 radical (unpaired) electrons. The van der Waals surface area contributed by atoms with Gasteiger partial charge in [0.05, 0.1) is 13.2 Å². The van der Waals surface area contributed by atoms with Crippen molar-refractivity contribution in [3.05, 3.63) is 29.8 Å². The number of methoxy groups -OCH3 is 1. The number of nitrogens with one attached hydrogen (secondary N) is 2. The fourth-order valence-corrected chi connectivity index (χ4v) is 4.07. The zero-order chi connectivity index (χ0) is 20.4. The average Bonchev–Trinajstić information content (AvgIpc) is 3.26. The molecule has 1 fully saturated rings. The molecule has 166 valence electrons. The molecule has 2 rings (SSSR count). The van der Waals surface area contributed by atoms with Crippen LogP contribution >= 0.6 is 24.0 Å². The Morgan fingerprint density at radius 2 is 1.76 bits per heavy atom. The molecule has 0 amide bonds. The van der Waals surface area contributed by atoms with Gasteiger partial charge < -0.3 is 15.4 Å². The Morgan fingerprint density at radius 3 is 2.34 bits per heavy atom. The van der Waals surface area contributed by atoms with Crippen molar-refractivity contribution in [3.63, 3.8) is 0 Å². The molecule has 29 heavy (non-hydrogen) atoms. The summed E-state index contributed by atoms with van der Waals surface area (Å²) < 4.78 is 5.64. The Bertz CT molecular complexity index is 603. The molecule has 0 bridgehead atoms. The first-order valence-electron chi connectivity index (χ1n) is 10.7.